The van der Waals surface area contributed by atoms with E-state index in [1.165, 1.54) is 0 Å². The van der Waals surface area contributed by atoms with E-state index in [-0.39, 0.29) is 17.9 Å². The second-order valence-corrected chi connectivity index (χ2v) is 6.97. The first kappa shape index (κ1) is 17.5. The molecule has 0 unspecified atom stereocenters. The van der Waals surface area contributed by atoms with Crippen LogP contribution in [0, 0.1) is 19.8 Å². The standard InChI is InChI=1S/C19H28N2O2/c1-13(2)12-18(22)21-10-8-16(9-11-21)20-19(23)17-7-5-6-14(3)15(17)4/h5-7,13,16H,8-12H2,1-4H3,(H,20,23). The second-order valence-electron chi connectivity index (χ2n) is 6.97. The van der Waals surface area contributed by atoms with Crippen molar-refractivity contribution in [2.24, 2.45) is 5.92 Å². The van der Waals surface area contributed by atoms with Gasteiger partial charge in [-0.05, 0) is 49.8 Å². The van der Waals surface area contributed by atoms with E-state index in [1.54, 1.807) is 0 Å². The third-order valence-corrected chi connectivity index (χ3v) is 4.62. The Bertz CT molecular complexity index is 573. The van der Waals surface area contributed by atoms with E-state index in [0.717, 1.165) is 42.6 Å². The average molecular weight is 316 g/mol. The van der Waals surface area contributed by atoms with Crippen LogP contribution in [-0.2, 0) is 4.79 Å². The monoisotopic (exact) mass is 316 g/mol. The number of likely N-dealkylation sites (tertiary alicyclic amines) is 1. The normalized spacial score (nSPS) is 15.8. The summed E-state index contributed by atoms with van der Waals surface area (Å²) in [4.78, 5) is 26.5. The first-order valence-electron chi connectivity index (χ1n) is 8.53. The van der Waals surface area contributed by atoms with Crippen molar-refractivity contribution < 1.29 is 9.59 Å². The lowest BCUT2D eigenvalue weighted by Crippen LogP contribution is -2.46. The molecule has 1 N–H and O–H groups in total. The molecule has 1 fully saturated rings. The molecule has 1 aromatic rings. The zero-order valence-electron chi connectivity index (χ0n) is 14.7. The fourth-order valence-electron chi connectivity index (χ4n) is 3.01. The molecule has 0 aliphatic carbocycles. The van der Waals surface area contributed by atoms with Crippen LogP contribution in [0.1, 0.15) is 54.6 Å². The first-order chi connectivity index (χ1) is 10.9. The van der Waals surface area contributed by atoms with E-state index in [9.17, 15) is 9.59 Å². The van der Waals surface area contributed by atoms with Gasteiger partial charge in [-0.2, -0.15) is 0 Å². The molecule has 1 aliphatic rings. The van der Waals surface area contributed by atoms with Crippen molar-refractivity contribution in [2.45, 2.75) is 53.0 Å². The van der Waals surface area contributed by atoms with Gasteiger partial charge in [-0.25, -0.2) is 0 Å². The average Bonchev–Trinajstić information content (AvgIpc) is 2.50. The minimum Gasteiger partial charge on any atom is -0.349 e. The van der Waals surface area contributed by atoms with Crippen molar-refractivity contribution in [1.29, 1.82) is 0 Å². The second kappa shape index (κ2) is 7.62. The SMILES string of the molecule is Cc1cccc(C(=O)NC2CCN(C(=O)CC(C)C)CC2)c1C. The summed E-state index contributed by atoms with van der Waals surface area (Å²) in [5.41, 5.74) is 2.92. The van der Waals surface area contributed by atoms with E-state index >= 15 is 0 Å². The van der Waals surface area contributed by atoms with Crippen LogP contribution in [0.2, 0.25) is 0 Å². The number of aryl methyl sites for hydroxylation is 1. The summed E-state index contributed by atoms with van der Waals surface area (Å²) in [5.74, 6) is 0.627. The lowest BCUT2D eigenvalue weighted by atomic mass is 10.0. The maximum Gasteiger partial charge on any atom is 0.251 e. The maximum atomic E-state index is 12.5. The lowest BCUT2D eigenvalue weighted by Gasteiger charge is -2.33. The fourth-order valence-corrected chi connectivity index (χ4v) is 3.01. The molecular weight excluding hydrogens is 288 g/mol. The van der Waals surface area contributed by atoms with E-state index in [0.29, 0.717) is 12.3 Å². The zero-order valence-corrected chi connectivity index (χ0v) is 14.7. The Morgan fingerprint density at radius 2 is 1.87 bits per heavy atom. The van der Waals surface area contributed by atoms with Crippen molar-refractivity contribution in [3.8, 4) is 0 Å². The van der Waals surface area contributed by atoms with Gasteiger partial charge in [-0.15, -0.1) is 0 Å². The summed E-state index contributed by atoms with van der Waals surface area (Å²) in [6, 6.07) is 5.97. The number of nitrogens with zero attached hydrogens (tertiary/aromatic N) is 1. The van der Waals surface area contributed by atoms with Crippen molar-refractivity contribution >= 4 is 11.8 Å². The quantitative estimate of drug-likeness (QED) is 0.928. The van der Waals surface area contributed by atoms with Crippen LogP contribution in [0.5, 0.6) is 0 Å². The van der Waals surface area contributed by atoms with Crippen molar-refractivity contribution in [3.63, 3.8) is 0 Å². The number of rotatable bonds is 4. The van der Waals surface area contributed by atoms with E-state index in [4.69, 9.17) is 0 Å². The van der Waals surface area contributed by atoms with Gasteiger partial charge in [-0.3, -0.25) is 9.59 Å². The fraction of sp³-hybridized carbons (Fsp3) is 0.579. The third-order valence-electron chi connectivity index (χ3n) is 4.62. The van der Waals surface area contributed by atoms with Gasteiger partial charge in [0.2, 0.25) is 5.91 Å². The molecule has 1 heterocycles. The minimum atomic E-state index is -0.00171. The Kier molecular flexibility index (Phi) is 5.80. The molecule has 0 spiro atoms. The van der Waals surface area contributed by atoms with E-state index in [1.807, 2.05) is 36.9 Å². The number of carbonyl (C=O) groups excluding carboxylic acids is 2. The third kappa shape index (κ3) is 4.57. The maximum absolute atomic E-state index is 12.5. The predicted molar refractivity (Wildman–Crippen MR) is 92.4 cm³/mol. The van der Waals surface area contributed by atoms with Crippen LogP contribution >= 0.6 is 0 Å². The summed E-state index contributed by atoms with van der Waals surface area (Å²) in [7, 11) is 0. The molecule has 1 saturated heterocycles. The molecule has 2 amide bonds. The molecule has 0 bridgehead atoms. The van der Waals surface area contributed by atoms with Crippen molar-refractivity contribution in [1.82, 2.24) is 10.2 Å². The van der Waals surface area contributed by atoms with Gasteiger partial charge in [0.05, 0.1) is 0 Å². The highest BCUT2D eigenvalue weighted by Gasteiger charge is 2.24. The van der Waals surface area contributed by atoms with Crippen LogP contribution in [0.25, 0.3) is 0 Å². The van der Waals surface area contributed by atoms with Crippen LogP contribution in [-0.4, -0.2) is 35.8 Å². The zero-order chi connectivity index (χ0) is 17.0. The van der Waals surface area contributed by atoms with Gasteiger partial charge in [0.15, 0.2) is 0 Å². The highest BCUT2D eigenvalue weighted by molar-refractivity contribution is 5.96. The summed E-state index contributed by atoms with van der Waals surface area (Å²) in [5, 5.41) is 3.13. The molecule has 126 valence electrons. The molecule has 23 heavy (non-hydrogen) atoms. The van der Waals surface area contributed by atoms with Crippen LogP contribution in [0.15, 0.2) is 18.2 Å². The molecule has 4 nitrogen and oxygen atoms in total. The van der Waals surface area contributed by atoms with Gasteiger partial charge in [0.25, 0.3) is 5.91 Å². The van der Waals surface area contributed by atoms with Crippen LogP contribution < -0.4 is 5.32 Å². The molecule has 0 saturated carbocycles. The molecule has 0 aromatic heterocycles. The van der Waals surface area contributed by atoms with Gasteiger partial charge in [-0.1, -0.05) is 26.0 Å². The number of hydrogen-bond acceptors (Lipinski definition) is 2. The van der Waals surface area contributed by atoms with Crippen LogP contribution in [0.4, 0.5) is 0 Å². The number of carbonyl (C=O) groups is 2. The Morgan fingerprint density at radius 1 is 1.22 bits per heavy atom. The highest BCUT2D eigenvalue weighted by atomic mass is 16.2. The smallest absolute Gasteiger partial charge is 0.251 e. The Balaban J connectivity index is 1.88. The molecule has 1 aromatic carbocycles. The molecule has 0 atom stereocenters. The van der Waals surface area contributed by atoms with Gasteiger partial charge in [0, 0.05) is 31.1 Å². The number of nitrogens with one attached hydrogen (secondary N) is 1. The van der Waals surface area contributed by atoms with Gasteiger partial charge >= 0.3 is 0 Å². The van der Waals surface area contributed by atoms with Crippen molar-refractivity contribution in [2.75, 3.05) is 13.1 Å². The Hall–Kier alpha value is -1.84. The van der Waals surface area contributed by atoms with E-state index in [2.05, 4.69) is 19.2 Å². The number of hydrogen-bond donors (Lipinski definition) is 1. The van der Waals surface area contributed by atoms with Crippen molar-refractivity contribution in [3.05, 3.63) is 34.9 Å². The van der Waals surface area contributed by atoms with E-state index < -0.39 is 0 Å². The molecule has 0 radical (unpaired) electrons. The predicted octanol–water partition coefficient (Wildman–Crippen LogP) is 3.07. The highest BCUT2D eigenvalue weighted by Crippen LogP contribution is 2.16. The Morgan fingerprint density at radius 3 is 2.48 bits per heavy atom. The topological polar surface area (TPSA) is 49.4 Å². The number of benzene rings is 1. The summed E-state index contributed by atoms with van der Waals surface area (Å²) >= 11 is 0. The first-order valence-corrected chi connectivity index (χ1v) is 8.53. The molecule has 1 aliphatic heterocycles. The lowest BCUT2D eigenvalue weighted by molar-refractivity contribution is -0.133. The summed E-state index contributed by atoms with van der Waals surface area (Å²) in [6.07, 6.45) is 2.28. The number of amides is 2. The summed E-state index contributed by atoms with van der Waals surface area (Å²) < 4.78 is 0. The van der Waals surface area contributed by atoms with Gasteiger partial charge < -0.3 is 10.2 Å². The van der Waals surface area contributed by atoms with Crippen LogP contribution in [0.3, 0.4) is 0 Å². The largest absolute Gasteiger partial charge is 0.349 e. The minimum absolute atomic E-state index is 0.00171. The Labute approximate surface area is 139 Å². The molecule has 4 heteroatoms. The number of piperidine rings is 1. The molecule has 2 rings (SSSR count). The summed E-state index contributed by atoms with van der Waals surface area (Å²) in [6.45, 7) is 9.61. The molecular formula is C19H28N2O2. The van der Waals surface area contributed by atoms with Gasteiger partial charge in [0.1, 0.15) is 0 Å².